The Bertz CT molecular complexity index is 962. The van der Waals surface area contributed by atoms with E-state index >= 15 is 0 Å². The average molecular weight is 416 g/mol. The minimum Gasteiger partial charge on any atom is -0.486 e. The van der Waals surface area contributed by atoms with Gasteiger partial charge in [0.1, 0.15) is 24.8 Å². The SMILES string of the molecule is O=C(CCNC(=O)c1ccc(F)cc1F)NC(c1ccc2c(c1)OCCO2)C1CC1. The Kier molecular flexibility index (Phi) is 5.83. The van der Waals surface area contributed by atoms with Crippen LogP contribution in [0.1, 0.15) is 41.2 Å². The van der Waals surface area contributed by atoms with Crippen molar-refractivity contribution >= 4 is 11.8 Å². The number of amides is 2. The number of ether oxygens (including phenoxy) is 2. The first-order valence-electron chi connectivity index (χ1n) is 9.93. The highest BCUT2D eigenvalue weighted by Gasteiger charge is 2.34. The zero-order valence-electron chi connectivity index (χ0n) is 16.3. The van der Waals surface area contributed by atoms with Gasteiger partial charge in [0.05, 0.1) is 11.6 Å². The molecule has 0 aromatic heterocycles. The number of nitrogens with one attached hydrogen (secondary N) is 2. The van der Waals surface area contributed by atoms with Crippen LogP contribution in [0.25, 0.3) is 0 Å². The van der Waals surface area contributed by atoms with Crippen LogP contribution in [-0.2, 0) is 4.79 Å². The fourth-order valence-corrected chi connectivity index (χ4v) is 3.46. The second-order valence-corrected chi connectivity index (χ2v) is 7.42. The number of carbonyl (C=O) groups is 2. The molecule has 30 heavy (non-hydrogen) atoms. The molecule has 1 saturated carbocycles. The summed E-state index contributed by atoms with van der Waals surface area (Å²) in [5.41, 5.74) is 0.691. The first-order chi connectivity index (χ1) is 14.5. The second kappa shape index (κ2) is 8.69. The lowest BCUT2D eigenvalue weighted by Crippen LogP contribution is -2.34. The molecule has 2 N–H and O–H groups in total. The van der Waals surface area contributed by atoms with Crippen molar-refractivity contribution in [1.29, 1.82) is 0 Å². The predicted octanol–water partition coefficient (Wildman–Crippen LogP) is 3.12. The minimum absolute atomic E-state index is 0.0417. The smallest absolute Gasteiger partial charge is 0.254 e. The largest absolute Gasteiger partial charge is 0.486 e. The van der Waals surface area contributed by atoms with Crippen LogP contribution in [0.4, 0.5) is 8.78 Å². The molecule has 1 aliphatic heterocycles. The number of hydrogen-bond acceptors (Lipinski definition) is 4. The van der Waals surface area contributed by atoms with Gasteiger partial charge < -0.3 is 20.1 Å². The lowest BCUT2D eigenvalue weighted by Gasteiger charge is -2.23. The van der Waals surface area contributed by atoms with Crippen molar-refractivity contribution in [3.63, 3.8) is 0 Å². The van der Waals surface area contributed by atoms with E-state index in [0.717, 1.165) is 30.5 Å². The predicted molar refractivity (Wildman–Crippen MR) is 104 cm³/mol. The molecular formula is C22H22F2N2O4. The van der Waals surface area contributed by atoms with Crippen molar-refractivity contribution < 1.29 is 27.8 Å². The van der Waals surface area contributed by atoms with Gasteiger partial charge in [-0.15, -0.1) is 0 Å². The van der Waals surface area contributed by atoms with E-state index in [1.165, 1.54) is 0 Å². The van der Waals surface area contributed by atoms with Gasteiger partial charge in [-0.05, 0) is 48.6 Å². The number of carbonyl (C=O) groups excluding carboxylic acids is 2. The van der Waals surface area contributed by atoms with Crippen molar-refractivity contribution in [3.8, 4) is 11.5 Å². The third-order valence-electron chi connectivity index (χ3n) is 5.15. The van der Waals surface area contributed by atoms with Gasteiger partial charge in [0, 0.05) is 19.0 Å². The van der Waals surface area contributed by atoms with Crippen LogP contribution in [0.2, 0.25) is 0 Å². The monoisotopic (exact) mass is 416 g/mol. The molecule has 1 fully saturated rings. The van der Waals surface area contributed by atoms with Gasteiger partial charge in [-0.25, -0.2) is 8.78 Å². The lowest BCUT2D eigenvalue weighted by atomic mass is 10.0. The van der Waals surface area contributed by atoms with Crippen LogP contribution in [0, 0.1) is 17.6 Å². The third kappa shape index (κ3) is 4.69. The summed E-state index contributed by atoms with van der Waals surface area (Å²) < 4.78 is 37.8. The summed E-state index contributed by atoms with van der Waals surface area (Å²) in [7, 11) is 0. The van der Waals surface area contributed by atoms with Crippen molar-refractivity contribution in [2.24, 2.45) is 5.92 Å². The molecule has 0 bridgehead atoms. The Morgan fingerprint density at radius 3 is 2.53 bits per heavy atom. The Labute approximate surface area is 172 Å². The fraction of sp³-hybridized carbons (Fsp3) is 0.364. The summed E-state index contributed by atoms with van der Waals surface area (Å²) in [6, 6.07) is 8.27. The van der Waals surface area contributed by atoms with E-state index in [0.29, 0.717) is 36.7 Å². The highest BCUT2D eigenvalue weighted by molar-refractivity contribution is 5.94. The topological polar surface area (TPSA) is 76.7 Å². The number of fused-ring (bicyclic) bond motifs is 1. The lowest BCUT2D eigenvalue weighted by molar-refractivity contribution is -0.121. The first-order valence-corrected chi connectivity index (χ1v) is 9.93. The van der Waals surface area contributed by atoms with E-state index < -0.39 is 17.5 Å². The molecule has 2 amide bonds. The molecule has 158 valence electrons. The Morgan fingerprint density at radius 2 is 1.80 bits per heavy atom. The molecule has 2 aliphatic rings. The molecule has 0 saturated heterocycles. The highest BCUT2D eigenvalue weighted by Crippen LogP contribution is 2.43. The normalized spacial score (nSPS) is 15.9. The van der Waals surface area contributed by atoms with E-state index in [1.54, 1.807) is 0 Å². The Morgan fingerprint density at radius 1 is 1.03 bits per heavy atom. The molecule has 1 heterocycles. The molecule has 0 spiro atoms. The van der Waals surface area contributed by atoms with E-state index in [4.69, 9.17) is 9.47 Å². The van der Waals surface area contributed by atoms with Crippen molar-refractivity contribution in [2.45, 2.75) is 25.3 Å². The maximum Gasteiger partial charge on any atom is 0.254 e. The van der Waals surface area contributed by atoms with Crippen LogP contribution in [-0.4, -0.2) is 31.6 Å². The zero-order valence-corrected chi connectivity index (χ0v) is 16.3. The zero-order chi connectivity index (χ0) is 21.1. The molecule has 8 heteroatoms. The van der Waals surface area contributed by atoms with E-state index in [2.05, 4.69) is 10.6 Å². The molecule has 1 atom stereocenters. The van der Waals surface area contributed by atoms with Gasteiger partial charge in [0.25, 0.3) is 5.91 Å². The van der Waals surface area contributed by atoms with E-state index in [-0.39, 0.29) is 30.5 Å². The quantitative estimate of drug-likeness (QED) is 0.727. The molecule has 1 aliphatic carbocycles. The maximum atomic E-state index is 13.7. The average Bonchev–Trinajstić information content (AvgIpc) is 3.57. The van der Waals surface area contributed by atoms with E-state index in [1.807, 2.05) is 18.2 Å². The maximum absolute atomic E-state index is 13.7. The number of benzene rings is 2. The molecule has 4 rings (SSSR count). The third-order valence-corrected chi connectivity index (χ3v) is 5.15. The van der Waals surface area contributed by atoms with Gasteiger partial charge in [0.2, 0.25) is 5.91 Å². The van der Waals surface area contributed by atoms with Gasteiger partial charge in [0.15, 0.2) is 11.5 Å². The molecule has 1 unspecified atom stereocenters. The van der Waals surface area contributed by atoms with Crippen molar-refractivity contribution in [1.82, 2.24) is 10.6 Å². The van der Waals surface area contributed by atoms with Gasteiger partial charge in [-0.2, -0.15) is 0 Å². The first kappa shape index (κ1) is 20.1. The summed E-state index contributed by atoms with van der Waals surface area (Å²) >= 11 is 0. The van der Waals surface area contributed by atoms with Gasteiger partial charge in [-0.3, -0.25) is 9.59 Å². The molecule has 2 aromatic carbocycles. The molecular weight excluding hydrogens is 394 g/mol. The highest BCUT2D eigenvalue weighted by atomic mass is 19.1. The second-order valence-electron chi connectivity index (χ2n) is 7.42. The van der Waals surface area contributed by atoms with Crippen LogP contribution in [0.3, 0.4) is 0 Å². The minimum atomic E-state index is -0.940. The molecule has 2 aromatic rings. The van der Waals surface area contributed by atoms with Crippen LogP contribution < -0.4 is 20.1 Å². The summed E-state index contributed by atoms with van der Waals surface area (Å²) in [6.45, 7) is 1.05. The number of hydrogen-bond donors (Lipinski definition) is 2. The summed E-state index contributed by atoms with van der Waals surface area (Å²) in [6.07, 6.45) is 2.10. The Balaban J connectivity index is 1.32. The van der Waals surface area contributed by atoms with Crippen LogP contribution >= 0.6 is 0 Å². The Hall–Kier alpha value is -3.16. The summed E-state index contributed by atoms with van der Waals surface area (Å²) in [5.74, 6) is -0.876. The van der Waals surface area contributed by atoms with Crippen molar-refractivity contribution in [3.05, 3.63) is 59.2 Å². The van der Waals surface area contributed by atoms with Gasteiger partial charge >= 0.3 is 0 Å². The summed E-state index contributed by atoms with van der Waals surface area (Å²) in [5, 5.41) is 5.51. The van der Waals surface area contributed by atoms with Gasteiger partial charge in [-0.1, -0.05) is 6.07 Å². The number of rotatable bonds is 7. The van der Waals surface area contributed by atoms with Crippen LogP contribution in [0.15, 0.2) is 36.4 Å². The van der Waals surface area contributed by atoms with E-state index in [9.17, 15) is 18.4 Å². The fourth-order valence-electron chi connectivity index (χ4n) is 3.46. The molecule has 0 radical (unpaired) electrons. The standard InChI is InChI=1S/C22H22F2N2O4/c23-15-4-5-16(17(24)12-15)22(28)25-8-7-20(27)26-21(13-1-2-13)14-3-6-18-19(11-14)30-10-9-29-18/h3-6,11-13,21H,1-2,7-10H2,(H,25,28)(H,26,27). The number of halogens is 2. The van der Waals surface area contributed by atoms with Crippen LogP contribution in [0.5, 0.6) is 11.5 Å². The van der Waals surface area contributed by atoms with Crippen molar-refractivity contribution in [2.75, 3.05) is 19.8 Å². The molecule has 6 nitrogen and oxygen atoms in total. The summed E-state index contributed by atoms with van der Waals surface area (Å²) in [4.78, 5) is 24.5.